The lowest BCUT2D eigenvalue weighted by atomic mass is 10.2. The van der Waals surface area contributed by atoms with E-state index >= 15 is 0 Å². The molecule has 0 aliphatic heterocycles. The molecule has 0 aliphatic carbocycles. The molecule has 0 saturated carbocycles. The van der Waals surface area contributed by atoms with Crippen molar-refractivity contribution in [3.8, 4) is 11.5 Å². The Morgan fingerprint density at radius 3 is 2.50 bits per heavy atom. The van der Waals surface area contributed by atoms with Crippen LogP contribution in [0, 0.1) is 0 Å². The van der Waals surface area contributed by atoms with Crippen molar-refractivity contribution in [2.24, 2.45) is 5.73 Å². The molecule has 0 aromatic carbocycles. The fraction of sp³-hybridized carbons (Fsp3) is 0.375. The minimum atomic E-state index is -4.93. The third kappa shape index (κ3) is 2.97. The minimum absolute atomic E-state index is 0.0705. The maximum atomic E-state index is 11.9. The molecule has 4 N–H and O–H groups in total. The number of halogens is 3. The van der Waals surface area contributed by atoms with Crippen molar-refractivity contribution in [2.75, 3.05) is 0 Å². The number of hydrogen-bond donors (Lipinski definition) is 3. The highest BCUT2D eigenvalue weighted by Gasteiger charge is 2.33. The molecular formula is C8H9F3N2O3. The number of nitrogens with two attached hydrogens (primary N) is 1. The zero-order chi connectivity index (χ0) is 12.3. The first-order valence-electron chi connectivity index (χ1n) is 4.15. The highest BCUT2D eigenvalue weighted by molar-refractivity contribution is 5.43. The van der Waals surface area contributed by atoms with Crippen molar-refractivity contribution in [2.45, 2.75) is 19.5 Å². The molecule has 1 aromatic heterocycles. The summed E-state index contributed by atoms with van der Waals surface area (Å²) in [6.07, 6.45) is -4.93. The van der Waals surface area contributed by atoms with Crippen molar-refractivity contribution in [1.82, 2.24) is 4.98 Å². The van der Waals surface area contributed by atoms with Gasteiger partial charge >= 0.3 is 6.36 Å². The van der Waals surface area contributed by atoms with Gasteiger partial charge in [-0.2, -0.15) is 0 Å². The predicted molar refractivity (Wildman–Crippen MR) is 46.4 cm³/mol. The van der Waals surface area contributed by atoms with E-state index in [2.05, 4.69) is 9.72 Å². The van der Waals surface area contributed by atoms with Gasteiger partial charge in [0, 0.05) is 12.6 Å². The normalized spacial score (nSPS) is 11.6. The molecule has 0 atom stereocenters. The second-order valence-electron chi connectivity index (χ2n) is 2.82. The van der Waals surface area contributed by atoms with Gasteiger partial charge < -0.3 is 20.7 Å². The third-order valence-electron chi connectivity index (χ3n) is 1.67. The summed E-state index contributed by atoms with van der Waals surface area (Å²) in [5.74, 6) is -1.68. The van der Waals surface area contributed by atoms with Crippen molar-refractivity contribution >= 4 is 0 Å². The van der Waals surface area contributed by atoms with Crippen LogP contribution in [0.15, 0.2) is 6.07 Å². The van der Waals surface area contributed by atoms with Gasteiger partial charge in [-0.25, -0.2) is 4.98 Å². The van der Waals surface area contributed by atoms with Crippen molar-refractivity contribution in [1.29, 1.82) is 0 Å². The van der Waals surface area contributed by atoms with Crippen molar-refractivity contribution in [3.05, 3.63) is 17.5 Å². The van der Waals surface area contributed by atoms with Crippen LogP contribution in [0.2, 0.25) is 0 Å². The summed E-state index contributed by atoms with van der Waals surface area (Å²) in [5, 5.41) is 18.0. The molecule has 0 amide bonds. The van der Waals surface area contributed by atoms with Gasteiger partial charge in [-0.05, 0) is 0 Å². The number of alkyl halides is 3. The Bertz CT molecular complexity index is 382. The summed E-state index contributed by atoms with van der Waals surface area (Å²) in [7, 11) is 0. The molecule has 8 heteroatoms. The minimum Gasteiger partial charge on any atom is -0.503 e. The second kappa shape index (κ2) is 4.54. The molecular weight excluding hydrogens is 229 g/mol. The number of aromatic hydroxyl groups is 1. The van der Waals surface area contributed by atoms with Gasteiger partial charge in [0.25, 0.3) is 0 Å². The van der Waals surface area contributed by atoms with E-state index in [0.717, 1.165) is 6.07 Å². The Labute approximate surface area is 88.3 Å². The van der Waals surface area contributed by atoms with Crippen molar-refractivity contribution in [3.63, 3.8) is 0 Å². The lowest BCUT2D eigenvalue weighted by Crippen LogP contribution is -2.18. The van der Waals surface area contributed by atoms with Crippen LogP contribution in [-0.2, 0) is 13.2 Å². The summed E-state index contributed by atoms with van der Waals surface area (Å²) in [5.41, 5.74) is 4.95. The maximum Gasteiger partial charge on any atom is 0.573 e. The predicted octanol–water partition coefficient (Wildman–Crippen LogP) is 0.637. The molecule has 16 heavy (non-hydrogen) atoms. The summed E-state index contributed by atoms with van der Waals surface area (Å²) in [4.78, 5) is 3.63. The number of nitrogens with zero attached hydrogens (tertiary/aromatic N) is 1. The van der Waals surface area contributed by atoms with Gasteiger partial charge in [-0.15, -0.1) is 13.2 Å². The zero-order valence-corrected chi connectivity index (χ0v) is 7.95. The van der Waals surface area contributed by atoms with Crippen LogP contribution >= 0.6 is 0 Å². The van der Waals surface area contributed by atoms with Crippen LogP contribution < -0.4 is 10.5 Å². The number of ether oxygens (including phenoxy) is 1. The van der Waals surface area contributed by atoms with Crippen LogP contribution in [0.5, 0.6) is 11.5 Å². The van der Waals surface area contributed by atoms with Crippen LogP contribution in [0.25, 0.3) is 0 Å². The molecule has 0 bridgehead atoms. The van der Waals surface area contributed by atoms with Crippen LogP contribution in [0.1, 0.15) is 11.4 Å². The molecule has 1 heterocycles. The Hall–Kier alpha value is -1.54. The lowest BCUT2D eigenvalue weighted by Gasteiger charge is -2.13. The van der Waals surface area contributed by atoms with Gasteiger partial charge in [-0.3, -0.25) is 0 Å². The maximum absolute atomic E-state index is 11.9. The fourth-order valence-corrected chi connectivity index (χ4v) is 1.04. The third-order valence-corrected chi connectivity index (χ3v) is 1.67. The number of hydrogen-bond acceptors (Lipinski definition) is 5. The standard InChI is InChI=1S/C8H9F3N2O3/c9-8(10,11)16-6-1-4(2-12)13-5(3-14)7(6)15/h1,14-15H,2-3,12H2. The highest BCUT2D eigenvalue weighted by Crippen LogP contribution is 2.33. The first kappa shape index (κ1) is 12.5. The Morgan fingerprint density at radius 2 is 2.06 bits per heavy atom. The van der Waals surface area contributed by atoms with E-state index in [1.54, 1.807) is 0 Å². The largest absolute Gasteiger partial charge is 0.573 e. The number of aliphatic hydroxyl groups is 1. The Kier molecular flexibility index (Phi) is 3.55. The van der Waals surface area contributed by atoms with E-state index in [1.165, 1.54) is 0 Å². The van der Waals surface area contributed by atoms with Gasteiger partial charge in [0.05, 0.1) is 12.3 Å². The molecule has 0 radical (unpaired) electrons. The van der Waals surface area contributed by atoms with Crippen molar-refractivity contribution < 1.29 is 28.1 Å². The van der Waals surface area contributed by atoms with Gasteiger partial charge in [0.15, 0.2) is 11.5 Å². The summed E-state index contributed by atoms with van der Waals surface area (Å²) >= 11 is 0. The van der Waals surface area contributed by atoms with E-state index in [9.17, 15) is 18.3 Å². The van der Waals surface area contributed by atoms with E-state index < -0.39 is 24.5 Å². The SMILES string of the molecule is NCc1cc(OC(F)(F)F)c(O)c(CO)n1. The molecule has 1 rings (SSSR count). The van der Waals surface area contributed by atoms with Crippen LogP contribution in [-0.4, -0.2) is 21.6 Å². The van der Waals surface area contributed by atoms with Crippen LogP contribution in [0.3, 0.4) is 0 Å². The summed E-state index contributed by atoms with van der Waals surface area (Å²) in [6.45, 7) is -0.852. The smallest absolute Gasteiger partial charge is 0.503 e. The topological polar surface area (TPSA) is 88.6 Å². The molecule has 0 unspecified atom stereocenters. The lowest BCUT2D eigenvalue weighted by molar-refractivity contribution is -0.275. The van der Waals surface area contributed by atoms with E-state index in [1.807, 2.05) is 0 Å². The summed E-state index contributed by atoms with van der Waals surface area (Å²) in [6, 6.07) is 0.863. The average Bonchev–Trinajstić information content (AvgIpc) is 2.19. The fourth-order valence-electron chi connectivity index (χ4n) is 1.04. The summed E-state index contributed by atoms with van der Waals surface area (Å²) < 4.78 is 39.4. The zero-order valence-electron chi connectivity index (χ0n) is 7.95. The molecule has 90 valence electrons. The molecule has 0 fully saturated rings. The first-order chi connectivity index (χ1) is 7.37. The second-order valence-corrected chi connectivity index (χ2v) is 2.82. The van der Waals surface area contributed by atoms with E-state index in [-0.39, 0.29) is 17.9 Å². The van der Waals surface area contributed by atoms with Crippen LogP contribution in [0.4, 0.5) is 13.2 Å². The first-order valence-corrected chi connectivity index (χ1v) is 4.15. The number of pyridine rings is 1. The highest BCUT2D eigenvalue weighted by atomic mass is 19.4. The quantitative estimate of drug-likeness (QED) is 0.719. The number of aliphatic hydroxyl groups excluding tert-OH is 1. The van der Waals surface area contributed by atoms with Gasteiger partial charge in [-0.1, -0.05) is 0 Å². The monoisotopic (exact) mass is 238 g/mol. The Balaban J connectivity index is 3.16. The molecule has 0 saturated heterocycles. The molecule has 0 aliphatic rings. The van der Waals surface area contributed by atoms with Gasteiger partial charge in [0.1, 0.15) is 5.69 Å². The number of rotatable bonds is 3. The van der Waals surface area contributed by atoms with E-state index in [0.29, 0.717) is 0 Å². The van der Waals surface area contributed by atoms with E-state index in [4.69, 9.17) is 10.8 Å². The number of aromatic nitrogens is 1. The Morgan fingerprint density at radius 1 is 1.44 bits per heavy atom. The van der Waals surface area contributed by atoms with Gasteiger partial charge in [0.2, 0.25) is 0 Å². The molecule has 1 aromatic rings. The molecule has 5 nitrogen and oxygen atoms in total. The molecule has 0 spiro atoms. The average molecular weight is 238 g/mol.